The molecule has 380 valence electrons. The van der Waals surface area contributed by atoms with Crippen LogP contribution >= 0.6 is 0 Å². The molecule has 0 fully saturated rings. The fourth-order valence-electron chi connectivity index (χ4n) is 8.92. The minimum atomic E-state index is -0.761. The molecule has 0 saturated heterocycles. The molecule has 0 radical (unpaired) electrons. The zero-order chi connectivity index (χ0) is 46.7. The lowest BCUT2D eigenvalue weighted by atomic mass is 10.0. The Kier molecular flexibility index (Phi) is 51.1. The molecule has 1 atom stereocenters. The highest BCUT2D eigenvalue weighted by Gasteiger charge is 2.19. The first-order chi connectivity index (χ1) is 31.4. The Balaban J connectivity index is 4.28. The van der Waals surface area contributed by atoms with Gasteiger partial charge < -0.3 is 14.2 Å². The van der Waals surface area contributed by atoms with Gasteiger partial charge in [0.25, 0.3) is 0 Å². The van der Waals surface area contributed by atoms with Gasteiger partial charge in [0.1, 0.15) is 13.2 Å². The lowest BCUT2D eigenvalue weighted by Gasteiger charge is -2.18. The summed E-state index contributed by atoms with van der Waals surface area (Å²) in [5.74, 6) is 0.0170. The zero-order valence-electron chi connectivity index (χ0n) is 43.8. The smallest absolute Gasteiger partial charge is 0.306 e. The van der Waals surface area contributed by atoms with Crippen molar-refractivity contribution in [3.05, 3.63) is 0 Å². The average Bonchev–Trinajstić information content (AvgIpc) is 3.28. The number of ether oxygens (including phenoxy) is 3. The summed E-state index contributed by atoms with van der Waals surface area (Å²) in [5.41, 5.74) is 0. The molecule has 0 aromatic rings. The predicted molar refractivity (Wildman–Crippen MR) is 275 cm³/mol. The molecule has 0 spiro atoms. The lowest BCUT2D eigenvalue weighted by molar-refractivity contribution is -0.167. The topological polar surface area (TPSA) is 78.9 Å². The minimum Gasteiger partial charge on any atom is -0.462 e. The first-order valence-corrected chi connectivity index (χ1v) is 28.9. The third-order valence-electron chi connectivity index (χ3n) is 13.3. The summed E-state index contributed by atoms with van der Waals surface area (Å²) < 4.78 is 16.9. The number of hydrogen-bond donors (Lipinski definition) is 0. The monoisotopic (exact) mass is 905 g/mol. The van der Waals surface area contributed by atoms with Crippen LogP contribution in [-0.4, -0.2) is 37.2 Å². The average molecular weight is 906 g/mol. The van der Waals surface area contributed by atoms with Gasteiger partial charge in [-0.05, 0) is 25.2 Å². The maximum absolute atomic E-state index is 12.9. The zero-order valence-corrected chi connectivity index (χ0v) is 43.8. The van der Waals surface area contributed by atoms with Crippen LogP contribution in [0.1, 0.15) is 329 Å². The van der Waals surface area contributed by atoms with Gasteiger partial charge in [-0.25, -0.2) is 0 Å². The summed E-state index contributed by atoms with van der Waals surface area (Å²) in [6.45, 7) is 9.07. The van der Waals surface area contributed by atoms with E-state index in [1.807, 2.05) is 0 Å². The molecule has 6 heteroatoms. The highest BCUT2D eigenvalue weighted by atomic mass is 16.6. The van der Waals surface area contributed by atoms with Crippen LogP contribution in [0.15, 0.2) is 0 Å². The van der Waals surface area contributed by atoms with Gasteiger partial charge in [0, 0.05) is 19.3 Å². The van der Waals surface area contributed by atoms with Crippen LogP contribution in [0.2, 0.25) is 0 Å². The minimum absolute atomic E-state index is 0.0617. The van der Waals surface area contributed by atoms with E-state index >= 15 is 0 Å². The van der Waals surface area contributed by atoms with Crippen LogP contribution in [-0.2, 0) is 28.6 Å². The Labute approximate surface area is 399 Å². The summed E-state index contributed by atoms with van der Waals surface area (Å²) in [6.07, 6.45) is 56.6. The molecule has 0 unspecified atom stereocenters. The first kappa shape index (κ1) is 62.4. The van der Waals surface area contributed by atoms with Crippen molar-refractivity contribution in [1.29, 1.82) is 0 Å². The molecular formula is C58H112O6. The molecule has 0 bridgehead atoms. The van der Waals surface area contributed by atoms with Crippen LogP contribution in [0.3, 0.4) is 0 Å². The Bertz CT molecular complexity index is 964. The van der Waals surface area contributed by atoms with Crippen molar-refractivity contribution >= 4 is 17.9 Å². The molecule has 0 aromatic heterocycles. The summed E-state index contributed by atoms with van der Waals surface area (Å²) >= 11 is 0. The van der Waals surface area contributed by atoms with E-state index in [0.29, 0.717) is 19.3 Å². The van der Waals surface area contributed by atoms with E-state index in [-0.39, 0.29) is 31.1 Å². The van der Waals surface area contributed by atoms with Crippen molar-refractivity contribution < 1.29 is 28.6 Å². The Morgan fingerprint density at radius 1 is 0.297 bits per heavy atom. The van der Waals surface area contributed by atoms with E-state index in [0.717, 1.165) is 63.7 Å². The Morgan fingerprint density at radius 2 is 0.516 bits per heavy atom. The molecule has 0 aliphatic rings. The highest BCUT2D eigenvalue weighted by molar-refractivity contribution is 5.71. The van der Waals surface area contributed by atoms with E-state index in [9.17, 15) is 14.4 Å². The molecule has 0 aliphatic heterocycles. The van der Waals surface area contributed by atoms with Crippen LogP contribution in [0.5, 0.6) is 0 Å². The van der Waals surface area contributed by atoms with E-state index in [1.54, 1.807) is 0 Å². The molecular weight excluding hydrogens is 793 g/mol. The van der Waals surface area contributed by atoms with Gasteiger partial charge in [0.2, 0.25) is 0 Å². The van der Waals surface area contributed by atoms with E-state index in [1.165, 1.54) is 225 Å². The molecule has 6 nitrogen and oxygen atoms in total. The van der Waals surface area contributed by atoms with Crippen molar-refractivity contribution in [2.24, 2.45) is 5.92 Å². The SMILES string of the molecule is CCCCCCCCCCCCCCCCC(=O)OC[C@H](COC(=O)CCCCCCCCCCCCCCC)OC(=O)CCCCCCCCCCCCCCCCCCC(C)C. The van der Waals surface area contributed by atoms with Crippen molar-refractivity contribution in [2.45, 2.75) is 336 Å². The fraction of sp³-hybridized carbons (Fsp3) is 0.948. The maximum Gasteiger partial charge on any atom is 0.306 e. The van der Waals surface area contributed by atoms with Crippen molar-refractivity contribution in [3.8, 4) is 0 Å². The largest absolute Gasteiger partial charge is 0.462 e. The second kappa shape index (κ2) is 52.4. The third-order valence-corrected chi connectivity index (χ3v) is 13.3. The molecule has 0 saturated carbocycles. The van der Waals surface area contributed by atoms with Crippen LogP contribution in [0.25, 0.3) is 0 Å². The summed E-state index contributed by atoms with van der Waals surface area (Å²) in [4.78, 5) is 38.1. The number of unbranched alkanes of at least 4 members (excludes halogenated alkanes) is 40. The molecule has 0 N–H and O–H groups in total. The normalized spacial score (nSPS) is 12.0. The molecule has 0 heterocycles. The standard InChI is InChI=1S/C58H112O6/c1-5-7-9-11-13-15-17-19-26-30-34-38-42-46-50-57(60)63-53-55(52-62-56(59)49-45-41-37-33-29-24-18-16-14-12-10-8-6-2)64-58(61)51-47-43-39-35-31-27-23-21-20-22-25-28-32-36-40-44-48-54(3)4/h54-55H,5-53H2,1-4H3/t55-/m0/s1. The molecule has 0 aliphatic carbocycles. The van der Waals surface area contributed by atoms with Gasteiger partial charge in [-0.15, -0.1) is 0 Å². The van der Waals surface area contributed by atoms with Gasteiger partial charge in [0.15, 0.2) is 6.10 Å². The van der Waals surface area contributed by atoms with Crippen LogP contribution in [0.4, 0.5) is 0 Å². The van der Waals surface area contributed by atoms with Crippen molar-refractivity contribution in [1.82, 2.24) is 0 Å². The second-order valence-corrected chi connectivity index (χ2v) is 20.4. The van der Waals surface area contributed by atoms with Gasteiger partial charge in [-0.2, -0.15) is 0 Å². The number of carbonyl (C=O) groups is 3. The Hall–Kier alpha value is -1.59. The van der Waals surface area contributed by atoms with Gasteiger partial charge in [-0.3, -0.25) is 14.4 Å². The summed E-state index contributed by atoms with van der Waals surface area (Å²) in [5, 5.41) is 0. The summed E-state index contributed by atoms with van der Waals surface area (Å²) in [7, 11) is 0. The van der Waals surface area contributed by atoms with Crippen LogP contribution < -0.4 is 0 Å². The van der Waals surface area contributed by atoms with Crippen molar-refractivity contribution in [2.75, 3.05) is 13.2 Å². The number of rotatable bonds is 53. The first-order valence-electron chi connectivity index (χ1n) is 28.9. The maximum atomic E-state index is 12.9. The lowest BCUT2D eigenvalue weighted by Crippen LogP contribution is -2.30. The second-order valence-electron chi connectivity index (χ2n) is 20.4. The molecule has 0 amide bonds. The summed E-state index contributed by atoms with van der Waals surface area (Å²) in [6, 6.07) is 0. The van der Waals surface area contributed by atoms with E-state index < -0.39 is 6.10 Å². The van der Waals surface area contributed by atoms with E-state index in [4.69, 9.17) is 14.2 Å². The predicted octanol–water partition coefficient (Wildman–Crippen LogP) is 19.0. The number of esters is 3. The van der Waals surface area contributed by atoms with Gasteiger partial charge >= 0.3 is 17.9 Å². The molecule has 0 aromatic carbocycles. The quantitative estimate of drug-likeness (QED) is 0.0344. The molecule has 0 rings (SSSR count). The number of hydrogen-bond acceptors (Lipinski definition) is 6. The molecule has 64 heavy (non-hydrogen) atoms. The highest BCUT2D eigenvalue weighted by Crippen LogP contribution is 2.18. The van der Waals surface area contributed by atoms with Gasteiger partial charge in [0.05, 0.1) is 0 Å². The fourth-order valence-corrected chi connectivity index (χ4v) is 8.92. The third kappa shape index (κ3) is 51.4. The van der Waals surface area contributed by atoms with Crippen LogP contribution in [0, 0.1) is 5.92 Å². The Morgan fingerprint density at radius 3 is 0.766 bits per heavy atom. The van der Waals surface area contributed by atoms with Gasteiger partial charge in [-0.1, -0.05) is 291 Å². The van der Waals surface area contributed by atoms with Crippen molar-refractivity contribution in [3.63, 3.8) is 0 Å². The number of carbonyl (C=O) groups excluding carboxylic acids is 3. The van der Waals surface area contributed by atoms with E-state index in [2.05, 4.69) is 27.7 Å².